The first-order chi connectivity index (χ1) is 12.1. The van der Waals surface area contributed by atoms with Crippen molar-refractivity contribution in [1.29, 1.82) is 0 Å². The van der Waals surface area contributed by atoms with Gasteiger partial charge >= 0.3 is 0 Å². The fourth-order valence-electron chi connectivity index (χ4n) is 3.89. The highest BCUT2D eigenvalue weighted by Gasteiger charge is 2.32. The molecule has 0 saturated carbocycles. The molecule has 1 amide bonds. The smallest absolute Gasteiger partial charge is 0.257 e. The lowest BCUT2D eigenvalue weighted by Crippen LogP contribution is -2.30. The summed E-state index contributed by atoms with van der Waals surface area (Å²) in [5.74, 6) is 0.419. The Morgan fingerprint density at radius 1 is 1.24 bits per heavy atom. The van der Waals surface area contributed by atoms with E-state index in [0.29, 0.717) is 12.5 Å². The number of carbonyl (C=O) groups is 1. The number of likely N-dealkylation sites (tertiary alicyclic amines) is 1. The van der Waals surface area contributed by atoms with Crippen LogP contribution in [-0.4, -0.2) is 56.7 Å². The minimum Gasteiger partial charge on any atom is -0.381 e. The van der Waals surface area contributed by atoms with Crippen LogP contribution >= 0.6 is 0 Å². The Balaban J connectivity index is 1.51. The molecule has 2 aliphatic heterocycles. The van der Waals surface area contributed by atoms with Gasteiger partial charge in [0, 0.05) is 51.7 Å². The summed E-state index contributed by atoms with van der Waals surface area (Å²) in [6, 6.07) is 0.265. The van der Waals surface area contributed by atoms with Crippen LogP contribution in [0.2, 0.25) is 0 Å². The molecule has 4 rings (SSSR count). The summed E-state index contributed by atoms with van der Waals surface area (Å²) in [6.07, 6.45) is 8.61. The average Bonchev–Trinajstić information content (AvgIpc) is 3.34. The minimum absolute atomic E-state index is 0.0981. The van der Waals surface area contributed by atoms with Crippen molar-refractivity contribution in [2.24, 2.45) is 7.05 Å². The quantitative estimate of drug-likeness (QED) is 0.854. The Bertz CT molecular complexity index is 759. The molecule has 7 nitrogen and oxygen atoms in total. The molecule has 0 radical (unpaired) electrons. The molecule has 0 bridgehead atoms. The van der Waals surface area contributed by atoms with Crippen LogP contribution in [0.4, 0.5) is 0 Å². The van der Waals surface area contributed by atoms with Crippen LogP contribution in [0.3, 0.4) is 0 Å². The number of rotatable bonds is 3. The number of nitrogens with zero attached hydrogens (tertiary/aromatic N) is 5. The summed E-state index contributed by atoms with van der Waals surface area (Å²) >= 11 is 0. The maximum absolute atomic E-state index is 13.1. The van der Waals surface area contributed by atoms with E-state index >= 15 is 0 Å². The topological polar surface area (TPSA) is 65.2 Å². The lowest BCUT2D eigenvalue weighted by atomic mass is 9.93. The minimum atomic E-state index is 0.0981. The van der Waals surface area contributed by atoms with Gasteiger partial charge in [0.2, 0.25) is 0 Å². The molecule has 2 aromatic rings. The van der Waals surface area contributed by atoms with Gasteiger partial charge in [0.15, 0.2) is 0 Å². The number of amides is 1. The standard InChI is InChI=1S/C18H25N5O2/c1-13-9-19-23(10-13)15-3-6-22(11-15)18(24)16-12-21(2)20-17(16)14-4-7-25-8-5-14/h9-10,12,14-15H,3-8,11H2,1-2H3. The molecule has 7 heteroatoms. The van der Waals surface area contributed by atoms with Crippen LogP contribution in [0.15, 0.2) is 18.6 Å². The highest BCUT2D eigenvalue weighted by molar-refractivity contribution is 5.95. The molecule has 0 N–H and O–H groups in total. The molecule has 2 aromatic heterocycles. The third-order valence-electron chi connectivity index (χ3n) is 5.25. The van der Waals surface area contributed by atoms with Gasteiger partial charge in [-0.05, 0) is 31.7 Å². The Morgan fingerprint density at radius 2 is 2.04 bits per heavy atom. The zero-order valence-corrected chi connectivity index (χ0v) is 14.9. The summed E-state index contributed by atoms with van der Waals surface area (Å²) < 4.78 is 9.21. The van der Waals surface area contributed by atoms with Crippen LogP contribution in [0.25, 0.3) is 0 Å². The molecule has 4 heterocycles. The summed E-state index contributed by atoms with van der Waals surface area (Å²) in [6.45, 7) is 5.02. The Labute approximate surface area is 147 Å². The van der Waals surface area contributed by atoms with Crippen molar-refractivity contribution < 1.29 is 9.53 Å². The number of carbonyl (C=O) groups excluding carboxylic acids is 1. The van der Waals surface area contributed by atoms with Crippen molar-refractivity contribution in [1.82, 2.24) is 24.5 Å². The normalized spacial score (nSPS) is 21.8. The largest absolute Gasteiger partial charge is 0.381 e. The van der Waals surface area contributed by atoms with Crippen molar-refractivity contribution >= 4 is 5.91 Å². The zero-order chi connectivity index (χ0) is 17.4. The molecular formula is C18H25N5O2. The van der Waals surface area contributed by atoms with Gasteiger partial charge in [0.25, 0.3) is 5.91 Å². The highest BCUT2D eigenvalue weighted by atomic mass is 16.5. The van der Waals surface area contributed by atoms with Gasteiger partial charge in [-0.25, -0.2) is 0 Å². The number of hydrogen-bond donors (Lipinski definition) is 0. The van der Waals surface area contributed by atoms with Crippen molar-refractivity contribution in [3.05, 3.63) is 35.4 Å². The molecule has 0 aliphatic carbocycles. The molecule has 2 aliphatic rings. The molecule has 0 aromatic carbocycles. The van der Waals surface area contributed by atoms with Gasteiger partial charge in [-0.3, -0.25) is 14.2 Å². The second kappa shape index (κ2) is 6.63. The fraction of sp³-hybridized carbons (Fsp3) is 0.611. The lowest BCUT2D eigenvalue weighted by Gasteiger charge is -2.22. The van der Waals surface area contributed by atoms with Crippen LogP contribution in [0.1, 0.15) is 52.8 Å². The molecule has 1 atom stereocenters. The predicted molar refractivity (Wildman–Crippen MR) is 92.5 cm³/mol. The van der Waals surface area contributed by atoms with Gasteiger partial charge < -0.3 is 9.64 Å². The SMILES string of the molecule is Cc1cnn(C2CCN(C(=O)c3cn(C)nc3C3CCOCC3)C2)c1. The predicted octanol–water partition coefficient (Wildman–Crippen LogP) is 1.91. The first kappa shape index (κ1) is 16.3. The van der Waals surface area contributed by atoms with Gasteiger partial charge in [-0.2, -0.15) is 10.2 Å². The summed E-state index contributed by atoms with van der Waals surface area (Å²) in [5.41, 5.74) is 2.85. The van der Waals surface area contributed by atoms with Crippen molar-refractivity contribution in [3.63, 3.8) is 0 Å². The van der Waals surface area contributed by atoms with E-state index in [9.17, 15) is 4.79 Å². The third kappa shape index (κ3) is 3.20. The van der Waals surface area contributed by atoms with Gasteiger partial charge in [-0.1, -0.05) is 0 Å². The molecule has 2 fully saturated rings. The van der Waals surface area contributed by atoms with Gasteiger partial charge in [0.1, 0.15) is 0 Å². The molecule has 2 saturated heterocycles. The molecule has 134 valence electrons. The third-order valence-corrected chi connectivity index (χ3v) is 5.25. The summed E-state index contributed by atoms with van der Waals surface area (Å²) in [4.78, 5) is 15.1. The van der Waals surface area contributed by atoms with Crippen LogP contribution in [0.5, 0.6) is 0 Å². The van der Waals surface area contributed by atoms with E-state index in [1.807, 2.05) is 35.9 Å². The summed E-state index contributed by atoms with van der Waals surface area (Å²) in [7, 11) is 1.89. The zero-order valence-electron chi connectivity index (χ0n) is 14.9. The monoisotopic (exact) mass is 343 g/mol. The molecule has 25 heavy (non-hydrogen) atoms. The number of aryl methyl sites for hydroxylation is 2. The Kier molecular flexibility index (Phi) is 4.33. The average molecular weight is 343 g/mol. The van der Waals surface area contributed by atoms with Crippen LogP contribution in [-0.2, 0) is 11.8 Å². The highest BCUT2D eigenvalue weighted by Crippen LogP contribution is 2.30. The van der Waals surface area contributed by atoms with Crippen molar-refractivity contribution in [2.45, 2.75) is 38.1 Å². The van der Waals surface area contributed by atoms with Gasteiger partial charge in [-0.15, -0.1) is 0 Å². The number of hydrogen-bond acceptors (Lipinski definition) is 4. The molecular weight excluding hydrogens is 318 g/mol. The Hall–Kier alpha value is -2.15. The first-order valence-corrected chi connectivity index (χ1v) is 9.03. The van der Waals surface area contributed by atoms with E-state index in [1.165, 1.54) is 0 Å². The van der Waals surface area contributed by atoms with E-state index in [-0.39, 0.29) is 11.9 Å². The van der Waals surface area contributed by atoms with Crippen LogP contribution < -0.4 is 0 Å². The van der Waals surface area contributed by atoms with E-state index in [2.05, 4.69) is 16.4 Å². The van der Waals surface area contributed by atoms with E-state index < -0.39 is 0 Å². The number of aromatic nitrogens is 4. The summed E-state index contributed by atoms with van der Waals surface area (Å²) in [5, 5.41) is 9.01. The van der Waals surface area contributed by atoms with Gasteiger partial charge in [0.05, 0.1) is 23.5 Å². The molecule has 0 spiro atoms. The van der Waals surface area contributed by atoms with E-state index in [1.54, 1.807) is 4.68 Å². The van der Waals surface area contributed by atoms with Crippen molar-refractivity contribution in [3.8, 4) is 0 Å². The fourth-order valence-corrected chi connectivity index (χ4v) is 3.89. The Morgan fingerprint density at radius 3 is 2.76 bits per heavy atom. The second-order valence-electron chi connectivity index (χ2n) is 7.18. The maximum Gasteiger partial charge on any atom is 0.257 e. The number of ether oxygens (including phenoxy) is 1. The van der Waals surface area contributed by atoms with E-state index in [4.69, 9.17) is 4.74 Å². The van der Waals surface area contributed by atoms with Crippen molar-refractivity contribution in [2.75, 3.05) is 26.3 Å². The van der Waals surface area contributed by atoms with E-state index in [0.717, 1.165) is 55.8 Å². The van der Waals surface area contributed by atoms with Crippen LogP contribution in [0, 0.1) is 6.92 Å². The first-order valence-electron chi connectivity index (χ1n) is 9.03. The lowest BCUT2D eigenvalue weighted by molar-refractivity contribution is 0.0766. The maximum atomic E-state index is 13.1. The molecule has 1 unspecified atom stereocenters. The second-order valence-corrected chi connectivity index (χ2v) is 7.18.